The van der Waals surface area contributed by atoms with E-state index in [2.05, 4.69) is 15.9 Å². The topological polar surface area (TPSA) is 26.0 Å². The van der Waals surface area contributed by atoms with Crippen molar-refractivity contribution in [3.63, 3.8) is 0 Å². The van der Waals surface area contributed by atoms with Crippen LogP contribution in [-0.2, 0) is 5.54 Å². The Balaban J connectivity index is 2.57. The van der Waals surface area contributed by atoms with Gasteiger partial charge in [0.15, 0.2) is 0 Å². The summed E-state index contributed by atoms with van der Waals surface area (Å²) < 4.78 is 14.6. The van der Waals surface area contributed by atoms with Crippen LogP contribution in [0.15, 0.2) is 46.9 Å². The highest BCUT2D eigenvalue weighted by Gasteiger charge is 2.27. The minimum absolute atomic E-state index is 0.302. The molecule has 1 nitrogen and oxygen atoms in total. The fraction of sp³-hybridized carbons (Fsp3) is 0.200. The lowest BCUT2D eigenvalue weighted by Crippen LogP contribution is -2.35. The van der Waals surface area contributed by atoms with Crippen LogP contribution in [-0.4, -0.2) is 0 Å². The van der Waals surface area contributed by atoms with E-state index in [1.165, 1.54) is 0 Å². The van der Waals surface area contributed by atoms with Crippen molar-refractivity contribution in [2.24, 2.45) is 5.73 Å². The van der Waals surface area contributed by atoms with Gasteiger partial charge in [0.1, 0.15) is 5.82 Å². The van der Waals surface area contributed by atoms with Gasteiger partial charge in [-0.3, -0.25) is 0 Å². The number of hydrogen-bond donors (Lipinski definition) is 1. The molecule has 0 aliphatic rings. The van der Waals surface area contributed by atoms with Gasteiger partial charge in [0, 0.05) is 5.56 Å². The molecule has 1 atom stereocenters. The van der Waals surface area contributed by atoms with Crippen LogP contribution >= 0.6 is 15.9 Å². The highest BCUT2D eigenvalue weighted by molar-refractivity contribution is 9.10. The Morgan fingerprint density at radius 1 is 1.17 bits per heavy atom. The second-order valence-electron chi connectivity index (χ2n) is 4.67. The van der Waals surface area contributed by atoms with Crippen molar-refractivity contribution in [1.82, 2.24) is 0 Å². The Bertz CT molecular complexity index is 578. The van der Waals surface area contributed by atoms with Crippen LogP contribution in [0.4, 0.5) is 4.39 Å². The fourth-order valence-corrected chi connectivity index (χ4v) is 2.39. The van der Waals surface area contributed by atoms with E-state index in [4.69, 9.17) is 5.73 Å². The van der Waals surface area contributed by atoms with E-state index in [0.29, 0.717) is 10.0 Å². The lowest BCUT2D eigenvalue weighted by atomic mass is 9.85. The summed E-state index contributed by atoms with van der Waals surface area (Å²) in [7, 11) is 0. The van der Waals surface area contributed by atoms with Gasteiger partial charge in [-0.05, 0) is 41.4 Å². The van der Waals surface area contributed by atoms with Crippen LogP contribution in [0.1, 0.15) is 23.6 Å². The number of hydrogen-bond acceptors (Lipinski definition) is 1. The van der Waals surface area contributed by atoms with Crippen molar-refractivity contribution in [2.45, 2.75) is 19.4 Å². The molecule has 0 aromatic heterocycles. The number of halogens is 2. The maximum Gasteiger partial charge on any atom is 0.142 e. The van der Waals surface area contributed by atoms with Crippen molar-refractivity contribution in [1.29, 1.82) is 0 Å². The van der Waals surface area contributed by atoms with Gasteiger partial charge in [-0.25, -0.2) is 4.39 Å². The summed E-state index contributed by atoms with van der Waals surface area (Å²) in [5.74, 6) is -0.302. The molecule has 18 heavy (non-hydrogen) atoms. The van der Waals surface area contributed by atoms with Gasteiger partial charge in [-0.15, -0.1) is 0 Å². The molecule has 0 heterocycles. The largest absolute Gasteiger partial charge is 0.318 e. The molecule has 2 aromatic rings. The van der Waals surface area contributed by atoms with Crippen LogP contribution in [0.3, 0.4) is 0 Å². The SMILES string of the molecule is Cc1cccc(C(C)(N)c2cccc(Br)c2F)c1. The Morgan fingerprint density at radius 3 is 2.50 bits per heavy atom. The molecule has 0 aliphatic heterocycles. The van der Waals surface area contributed by atoms with Crippen molar-refractivity contribution < 1.29 is 4.39 Å². The molecule has 3 heteroatoms. The monoisotopic (exact) mass is 307 g/mol. The summed E-state index contributed by atoms with van der Waals surface area (Å²) in [4.78, 5) is 0. The molecule has 0 aliphatic carbocycles. The highest BCUT2D eigenvalue weighted by atomic mass is 79.9. The third-order valence-electron chi connectivity index (χ3n) is 3.13. The van der Waals surface area contributed by atoms with Crippen LogP contribution in [0.2, 0.25) is 0 Å². The maximum absolute atomic E-state index is 14.2. The predicted molar refractivity (Wildman–Crippen MR) is 75.9 cm³/mol. The first-order chi connectivity index (χ1) is 8.43. The zero-order chi connectivity index (χ0) is 13.3. The van der Waals surface area contributed by atoms with Crippen molar-refractivity contribution in [3.8, 4) is 0 Å². The molecule has 0 amide bonds. The molecular formula is C15H15BrFN. The molecule has 2 N–H and O–H groups in total. The minimum atomic E-state index is -0.847. The summed E-state index contributed by atoms with van der Waals surface area (Å²) in [6, 6.07) is 13.0. The lowest BCUT2D eigenvalue weighted by Gasteiger charge is -2.27. The Morgan fingerprint density at radius 2 is 1.83 bits per heavy atom. The zero-order valence-corrected chi connectivity index (χ0v) is 12.0. The van der Waals surface area contributed by atoms with E-state index in [9.17, 15) is 4.39 Å². The van der Waals surface area contributed by atoms with Crippen LogP contribution in [0.5, 0.6) is 0 Å². The van der Waals surface area contributed by atoms with Crippen LogP contribution < -0.4 is 5.73 Å². The van der Waals surface area contributed by atoms with E-state index in [1.807, 2.05) is 38.1 Å². The normalized spacial score (nSPS) is 14.3. The van der Waals surface area contributed by atoms with Gasteiger partial charge in [0.05, 0.1) is 10.0 Å². The molecule has 0 saturated carbocycles. The molecule has 2 aromatic carbocycles. The van der Waals surface area contributed by atoms with Crippen molar-refractivity contribution in [2.75, 3.05) is 0 Å². The molecule has 0 bridgehead atoms. The summed E-state index contributed by atoms with van der Waals surface area (Å²) >= 11 is 3.19. The number of aryl methyl sites for hydroxylation is 1. The molecule has 0 radical (unpaired) electrons. The van der Waals surface area contributed by atoms with E-state index in [0.717, 1.165) is 11.1 Å². The second kappa shape index (κ2) is 4.82. The van der Waals surface area contributed by atoms with E-state index in [-0.39, 0.29) is 5.82 Å². The van der Waals surface area contributed by atoms with Crippen molar-refractivity contribution in [3.05, 3.63) is 69.4 Å². The van der Waals surface area contributed by atoms with Gasteiger partial charge in [0.25, 0.3) is 0 Å². The zero-order valence-electron chi connectivity index (χ0n) is 10.4. The Labute approximate surface area is 115 Å². The Kier molecular flexibility index (Phi) is 3.55. The molecule has 2 rings (SSSR count). The molecule has 0 spiro atoms. The molecule has 94 valence electrons. The smallest absolute Gasteiger partial charge is 0.142 e. The van der Waals surface area contributed by atoms with E-state index in [1.54, 1.807) is 18.2 Å². The summed E-state index contributed by atoms with van der Waals surface area (Å²) in [5, 5.41) is 0. The average molecular weight is 308 g/mol. The van der Waals surface area contributed by atoms with Crippen LogP contribution in [0, 0.1) is 12.7 Å². The van der Waals surface area contributed by atoms with Crippen LogP contribution in [0.25, 0.3) is 0 Å². The van der Waals surface area contributed by atoms with Gasteiger partial charge < -0.3 is 5.73 Å². The second-order valence-corrected chi connectivity index (χ2v) is 5.53. The molecule has 0 saturated heterocycles. The quantitative estimate of drug-likeness (QED) is 0.887. The lowest BCUT2D eigenvalue weighted by molar-refractivity contribution is 0.527. The number of rotatable bonds is 2. The van der Waals surface area contributed by atoms with Gasteiger partial charge >= 0.3 is 0 Å². The van der Waals surface area contributed by atoms with E-state index >= 15 is 0 Å². The van der Waals surface area contributed by atoms with Gasteiger partial charge in [-0.2, -0.15) is 0 Å². The summed E-state index contributed by atoms with van der Waals surface area (Å²) in [6.07, 6.45) is 0. The molecule has 0 fully saturated rings. The Hall–Kier alpha value is -1.19. The third-order valence-corrected chi connectivity index (χ3v) is 3.74. The third kappa shape index (κ3) is 2.33. The summed E-state index contributed by atoms with van der Waals surface area (Å²) in [6.45, 7) is 3.82. The first kappa shape index (κ1) is 13.2. The highest BCUT2D eigenvalue weighted by Crippen LogP contribution is 2.31. The minimum Gasteiger partial charge on any atom is -0.318 e. The molecule has 1 unspecified atom stereocenters. The standard InChI is InChI=1S/C15H15BrFN/c1-10-5-3-6-11(9-10)15(2,18)12-7-4-8-13(16)14(12)17/h3-9H,18H2,1-2H3. The van der Waals surface area contributed by atoms with Gasteiger partial charge in [0.2, 0.25) is 0 Å². The predicted octanol–water partition coefficient (Wildman–Crippen LogP) is 4.12. The summed E-state index contributed by atoms with van der Waals surface area (Å²) in [5.41, 5.74) is 7.99. The van der Waals surface area contributed by atoms with Crippen molar-refractivity contribution >= 4 is 15.9 Å². The number of benzene rings is 2. The first-order valence-electron chi connectivity index (χ1n) is 5.73. The average Bonchev–Trinajstić information content (AvgIpc) is 2.32. The fourth-order valence-electron chi connectivity index (χ4n) is 2.03. The van der Waals surface area contributed by atoms with E-state index < -0.39 is 5.54 Å². The van der Waals surface area contributed by atoms with Gasteiger partial charge in [-0.1, -0.05) is 42.0 Å². The number of nitrogens with two attached hydrogens (primary N) is 1. The molecular weight excluding hydrogens is 293 g/mol. The first-order valence-corrected chi connectivity index (χ1v) is 6.53. The maximum atomic E-state index is 14.2.